The Hall–Kier alpha value is -1.49. The van der Waals surface area contributed by atoms with Crippen LogP contribution < -0.4 is 0 Å². The number of carboxylic acids is 1. The average molecular weight is 364 g/mol. The maximum Gasteiger partial charge on any atom is 0.307 e. The molecule has 0 bridgehead atoms. The molecule has 1 aromatic carbocycles. The van der Waals surface area contributed by atoms with Gasteiger partial charge in [-0.1, -0.05) is 19.1 Å². The third-order valence-electron chi connectivity index (χ3n) is 3.25. The van der Waals surface area contributed by atoms with Gasteiger partial charge in [-0.15, -0.1) is 0 Å². The van der Waals surface area contributed by atoms with Gasteiger partial charge in [-0.05, 0) is 12.1 Å². The van der Waals surface area contributed by atoms with Gasteiger partial charge in [0.15, 0.2) is 0 Å². The largest absolute Gasteiger partial charge is 0.481 e. The van der Waals surface area contributed by atoms with Crippen LogP contribution in [0, 0.1) is 5.92 Å². The molecule has 1 unspecified atom stereocenters. The second kappa shape index (κ2) is 6.95. The van der Waals surface area contributed by atoms with Gasteiger partial charge in [-0.3, -0.25) is 4.79 Å². The van der Waals surface area contributed by atoms with E-state index in [4.69, 9.17) is 5.11 Å². The summed E-state index contributed by atoms with van der Waals surface area (Å²) in [5.41, 5.74) is 0. The van der Waals surface area contributed by atoms with Crippen molar-refractivity contribution in [3.63, 3.8) is 0 Å². The Kier molecular flexibility index (Phi) is 5.91. The highest BCUT2D eigenvalue weighted by Gasteiger charge is 2.31. The average Bonchev–Trinajstić information content (AvgIpc) is 2.46. The number of nitrogens with zero attached hydrogens (tertiary/aromatic N) is 2. The first kappa shape index (κ1) is 19.6. The van der Waals surface area contributed by atoms with E-state index in [-0.39, 0.29) is 16.3 Å². The number of rotatable bonds is 7. The van der Waals surface area contributed by atoms with Crippen molar-refractivity contribution >= 4 is 26.0 Å². The summed E-state index contributed by atoms with van der Waals surface area (Å²) >= 11 is 0. The van der Waals surface area contributed by atoms with Crippen molar-refractivity contribution in [3.8, 4) is 0 Å². The molecule has 0 radical (unpaired) electrons. The van der Waals surface area contributed by atoms with Gasteiger partial charge in [0.25, 0.3) is 0 Å². The van der Waals surface area contributed by atoms with E-state index in [2.05, 4.69) is 0 Å². The minimum Gasteiger partial charge on any atom is -0.481 e. The monoisotopic (exact) mass is 364 g/mol. The standard InChI is InChI=1S/C13H20N2O6S2/c1-10(13(16)17)9-15(4)23(20,21)12-8-6-5-7-11(12)22(18,19)14(2)3/h5-8,10H,9H2,1-4H3,(H,16,17). The fourth-order valence-electron chi connectivity index (χ4n) is 1.80. The van der Waals surface area contributed by atoms with Crippen LogP contribution in [0.1, 0.15) is 6.92 Å². The predicted octanol–water partition coefficient (Wildman–Crippen LogP) is 0.278. The molecule has 23 heavy (non-hydrogen) atoms. The molecule has 10 heteroatoms. The van der Waals surface area contributed by atoms with Crippen molar-refractivity contribution < 1.29 is 26.7 Å². The van der Waals surface area contributed by atoms with Gasteiger partial charge >= 0.3 is 5.97 Å². The van der Waals surface area contributed by atoms with Crippen LogP contribution in [0.15, 0.2) is 34.1 Å². The lowest BCUT2D eigenvalue weighted by Gasteiger charge is -2.21. The molecule has 0 amide bonds. The maximum atomic E-state index is 12.6. The summed E-state index contributed by atoms with van der Waals surface area (Å²) in [5, 5.41) is 8.90. The first-order valence-electron chi connectivity index (χ1n) is 6.63. The Labute approximate surface area is 136 Å². The van der Waals surface area contributed by atoms with Crippen molar-refractivity contribution in [3.05, 3.63) is 24.3 Å². The zero-order valence-corrected chi connectivity index (χ0v) is 14.9. The van der Waals surface area contributed by atoms with Crippen LogP contribution in [0.3, 0.4) is 0 Å². The molecular weight excluding hydrogens is 344 g/mol. The minimum atomic E-state index is -4.15. The first-order chi connectivity index (χ1) is 10.4. The molecule has 1 atom stereocenters. The van der Waals surface area contributed by atoms with Gasteiger partial charge in [-0.2, -0.15) is 0 Å². The summed E-state index contributed by atoms with van der Waals surface area (Å²) in [5.74, 6) is -2.06. The Bertz CT molecular complexity index is 786. The third kappa shape index (κ3) is 4.08. The van der Waals surface area contributed by atoms with E-state index in [0.29, 0.717) is 0 Å². The zero-order chi connectivity index (χ0) is 18.0. The lowest BCUT2D eigenvalue weighted by atomic mass is 10.2. The summed E-state index contributed by atoms with van der Waals surface area (Å²) in [4.78, 5) is 10.2. The van der Waals surface area contributed by atoms with E-state index < -0.39 is 31.9 Å². The fourth-order valence-corrected chi connectivity index (χ4v) is 4.73. The van der Waals surface area contributed by atoms with E-state index in [0.717, 1.165) is 8.61 Å². The number of hydrogen-bond donors (Lipinski definition) is 1. The molecule has 1 rings (SSSR count). The van der Waals surface area contributed by atoms with Gasteiger partial charge in [0.2, 0.25) is 20.0 Å². The van der Waals surface area contributed by atoms with Gasteiger partial charge < -0.3 is 5.11 Å². The SMILES string of the molecule is CC(CN(C)S(=O)(=O)c1ccccc1S(=O)(=O)N(C)C)C(=O)O. The van der Waals surface area contributed by atoms with E-state index in [1.54, 1.807) is 0 Å². The van der Waals surface area contributed by atoms with Gasteiger partial charge in [0.05, 0.1) is 5.92 Å². The van der Waals surface area contributed by atoms with Crippen LogP contribution >= 0.6 is 0 Å². The normalized spacial score (nSPS) is 14.2. The molecule has 0 aromatic heterocycles. The smallest absolute Gasteiger partial charge is 0.307 e. The maximum absolute atomic E-state index is 12.6. The number of carbonyl (C=O) groups is 1. The van der Waals surface area contributed by atoms with Gasteiger partial charge in [0.1, 0.15) is 9.79 Å². The fraction of sp³-hybridized carbons (Fsp3) is 0.462. The summed E-state index contributed by atoms with van der Waals surface area (Å²) in [6.45, 7) is 1.10. The highest BCUT2D eigenvalue weighted by Crippen LogP contribution is 2.25. The molecule has 0 saturated carbocycles. The Morgan fingerprint density at radius 3 is 1.87 bits per heavy atom. The van der Waals surface area contributed by atoms with Crippen molar-refractivity contribution in [2.24, 2.45) is 5.92 Å². The molecule has 0 heterocycles. The van der Waals surface area contributed by atoms with Crippen LogP contribution in [-0.2, 0) is 24.8 Å². The van der Waals surface area contributed by atoms with E-state index >= 15 is 0 Å². The highest BCUT2D eigenvalue weighted by molar-refractivity contribution is 7.92. The molecule has 0 aliphatic carbocycles. The summed E-state index contributed by atoms with van der Waals surface area (Å²) in [6, 6.07) is 5.23. The molecule has 1 N–H and O–H groups in total. The van der Waals surface area contributed by atoms with Crippen LogP contribution in [0.5, 0.6) is 0 Å². The molecule has 0 aliphatic rings. The number of sulfonamides is 2. The Balaban J connectivity index is 3.39. The summed E-state index contributed by atoms with van der Waals surface area (Å²) < 4.78 is 51.6. The molecule has 130 valence electrons. The first-order valence-corrected chi connectivity index (χ1v) is 9.51. The topological polar surface area (TPSA) is 112 Å². The Morgan fingerprint density at radius 2 is 1.48 bits per heavy atom. The van der Waals surface area contributed by atoms with Crippen molar-refractivity contribution in [1.29, 1.82) is 0 Å². The number of aliphatic carboxylic acids is 1. The summed E-state index contributed by atoms with van der Waals surface area (Å²) in [6.07, 6.45) is 0. The molecule has 0 spiro atoms. The third-order valence-corrected chi connectivity index (χ3v) is 7.13. The molecule has 0 aliphatic heterocycles. The minimum absolute atomic E-state index is 0.270. The predicted molar refractivity (Wildman–Crippen MR) is 83.9 cm³/mol. The van der Waals surface area contributed by atoms with Crippen molar-refractivity contribution in [2.45, 2.75) is 16.7 Å². The molecule has 0 fully saturated rings. The quantitative estimate of drug-likeness (QED) is 0.744. The second-order valence-corrected chi connectivity index (χ2v) is 9.39. The van der Waals surface area contributed by atoms with Crippen LogP contribution in [0.25, 0.3) is 0 Å². The van der Waals surface area contributed by atoms with Gasteiger partial charge in [-0.25, -0.2) is 25.4 Å². The van der Waals surface area contributed by atoms with E-state index in [1.165, 1.54) is 52.3 Å². The molecule has 0 saturated heterocycles. The van der Waals surface area contributed by atoms with Crippen LogP contribution in [-0.4, -0.2) is 64.2 Å². The molecule has 1 aromatic rings. The molecular formula is C13H20N2O6S2. The summed E-state index contributed by atoms with van der Waals surface area (Å²) in [7, 11) is -4.29. The Morgan fingerprint density at radius 1 is 1.04 bits per heavy atom. The van der Waals surface area contributed by atoms with Crippen LogP contribution in [0.4, 0.5) is 0 Å². The van der Waals surface area contributed by atoms with Gasteiger partial charge in [0, 0.05) is 27.7 Å². The highest BCUT2D eigenvalue weighted by atomic mass is 32.2. The zero-order valence-electron chi connectivity index (χ0n) is 13.3. The second-order valence-electron chi connectivity index (χ2n) is 5.26. The molecule has 8 nitrogen and oxygen atoms in total. The number of carboxylic acid groups (broad SMARTS) is 1. The van der Waals surface area contributed by atoms with Crippen molar-refractivity contribution in [1.82, 2.24) is 8.61 Å². The van der Waals surface area contributed by atoms with E-state index in [1.807, 2.05) is 0 Å². The van der Waals surface area contributed by atoms with E-state index in [9.17, 15) is 21.6 Å². The van der Waals surface area contributed by atoms with Crippen molar-refractivity contribution in [2.75, 3.05) is 27.7 Å². The van der Waals surface area contributed by atoms with Crippen LogP contribution in [0.2, 0.25) is 0 Å². The lowest BCUT2D eigenvalue weighted by Crippen LogP contribution is -2.35. The number of hydrogen-bond acceptors (Lipinski definition) is 5. The lowest BCUT2D eigenvalue weighted by molar-refractivity contribution is -0.141. The number of benzene rings is 1.